The van der Waals surface area contributed by atoms with Crippen LogP contribution in [0.4, 0.5) is 5.69 Å². The third-order valence-electron chi connectivity index (χ3n) is 3.15. The highest BCUT2D eigenvalue weighted by Crippen LogP contribution is 2.26. The molecule has 0 aromatic heterocycles. The summed E-state index contributed by atoms with van der Waals surface area (Å²) < 4.78 is 0. The molecule has 1 aliphatic carbocycles. The molecule has 1 saturated carbocycles. The predicted molar refractivity (Wildman–Crippen MR) is 73.0 cm³/mol. The number of nitrogens with one attached hydrogen (secondary N) is 1. The molecule has 1 aromatic carbocycles. The zero-order chi connectivity index (χ0) is 13.0. The molecule has 18 heavy (non-hydrogen) atoms. The smallest absolute Gasteiger partial charge is 0.328 e. The molecule has 3 nitrogen and oxygen atoms in total. The van der Waals surface area contributed by atoms with Crippen LogP contribution in [0.3, 0.4) is 0 Å². The summed E-state index contributed by atoms with van der Waals surface area (Å²) in [6, 6.07) is 8.07. The van der Waals surface area contributed by atoms with Crippen molar-refractivity contribution in [2.75, 3.05) is 5.32 Å². The van der Waals surface area contributed by atoms with Crippen LogP contribution in [0.25, 0.3) is 0 Å². The standard InChI is InChI=1S/C14H16ClNO2/c15-11-2-1-3-13(9-11)16-12-6-4-10(5-7-12)8-14(17)18/h1-3,8-9,12,16H,4-7H2,(H,17,18). The van der Waals surface area contributed by atoms with E-state index in [4.69, 9.17) is 16.7 Å². The number of rotatable bonds is 3. The first-order valence-corrected chi connectivity index (χ1v) is 6.46. The van der Waals surface area contributed by atoms with Crippen LogP contribution < -0.4 is 5.32 Å². The highest BCUT2D eigenvalue weighted by atomic mass is 35.5. The molecule has 96 valence electrons. The first-order chi connectivity index (χ1) is 8.63. The summed E-state index contributed by atoms with van der Waals surface area (Å²) in [7, 11) is 0. The lowest BCUT2D eigenvalue weighted by atomic mass is 9.90. The van der Waals surface area contributed by atoms with Crippen molar-refractivity contribution in [2.24, 2.45) is 0 Å². The molecule has 0 bridgehead atoms. The van der Waals surface area contributed by atoms with E-state index in [9.17, 15) is 4.79 Å². The van der Waals surface area contributed by atoms with Gasteiger partial charge in [0.25, 0.3) is 0 Å². The van der Waals surface area contributed by atoms with Crippen molar-refractivity contribution in [1.29, 1.82) is 0 Å². The number of benzene rings is 1. The molecular formula is C14H16ClNO2. The monoisotopic (exact) mass is 265 g/mol. The van der Waals surface area contributed by atoms with E-state index in [1.54, 1.807) is 0 Å². The summed E-state index contributed by atoms with van der Waals surface area (Å²) >= 11 is 5.93. The van der Waals surface area contributed by atoms with Crippen LogP contribution in [0.2, 0.25) is 5.02 Å². The molecule has 1 aromatic rings. The molecule has 0 atom stereocenters. The summed E-state index contributed by atoms with van der Waals surface area (Å²) in [5.74, 6) is -0.841. The van der Waals surface area contributed by atoms with Crippen molar-refractivity contribution in [3.63, 3.8) is 0 Å². The minimum absolute atomic E-state index is 0.398. The number of hydrogen-bond donors (Lipinski definition) is 2. The van der Waals surface area contributed by atoms with Gasteiger partial charge in [-0.05, 0) is 43.9 Å². The second kappa shape index (κ2) is 5.91. The predicted octanol–water partition coefficient (Wildman–Crippen LogP) is 3.71. The molecule has 1 aliphatic rings. The SMILES string of the molecule is O=C(O)C=C1CCC(Nc2cccc(Cl)c2)CC1. The van der Waals surface area contributed by atoms with Crippen LogP contribution in [0.15, 0.2) is 35.9 Å². The van der Waals surface area contributed by atoms with Gasteiger partial charge in [0.2, 0.25) is 0 Å². The highest BCUT2D eigenvalue weighted by Gasteiger charge is 2.16. The Hall–Kier alpha value is -1.48. The van der Waals surface area contributed by atoms with Crippen molar-refractivity contribution < 1.29 is 9.90 Å². The van der Waals surface area contributed by atoms with Gasteiger partial charge in [-0.3, -0.25) is 0 Å². The number of carboxylic acids is 1. The maximum absolute atomic E-state index is 10.6. The van der Waals surface area contributed by atoms with E-state index in [1.165, 1.54) is 6.08 Å². The van der Waals surface area contributed by atoms with Crippen molar-refractivity contribution in [2.45, 2.75) is 31.7 Å². The van der Waals surface area contributed by atoms with Gasteiger partial charge >= 0.3 is 5.97 Å². The lowest BCUT2D eigenvalue weighted by Gasteiger charge is -2.25. The quantitative estimate of drug-likeness (QED) is 0.819. The minimum atomic E-state index is -0.841. The topological polar surface area (TPSA) is 49.3 Å². The van der Waals surface area contributed by atoms with Gasteiger partial charge in [-0.15, -0.1) is 0 Å². The van der Waals surface area contributed by atoms with Crippen molar-refractivity contribution in [1.82, 2.24) is 0 Å². The fraction of sp³-hybridized carbons (Fsp3) is 0.357. The normalized spacial score (nSPS) is 19.4. The van der Waals surface area contributed by atoms with Gasteiger partial charge in [0.05, 0.1) is 0 Å². The number of anilines is 1. The van der Waals surface area contributed by atoms with Crippen LogP contribution in [0.5, 0.6) is 0 Å². The van der Waals surface area contributed by atoms with Crippen molar-refractivity contribution in [3.05, 3.63) is 40.9 Å². The molecule has 0 amide bonds. The molecule has 0 spiro atoms. The Bertz CT molecular complexity index is 461. The van der Waals surface area contributed by atoms with E-state index < -0.39 is 5.97 Å². The van der Waals surface area contributed by atoms with E-state index in [0.29, 0.717) is 6.04 Å². The van der Waals surface area contributed by atoms with E-state index in [2.05, 4.69) is 5.32 Å². The molecule has 0 radical (unpaired) electrons. The van der Waals surface area contributed by atoms with Gasteiger partial charge in [-0.25, -0.2) is 4.79 Å². The Morgan fingerprint density at radius 1 is 1.39 bits per heavy atom. The Morgan fingerprint density at radius 3 is 2.72 bits per heavy atom. The van der Waals surface area contributed by atoms with Gasteiger partial charge < -0.3 is 10.4 Å². The number of allylic oxidation sites excluding steroid dienone is 1. The lowest BCUT2D eigenvalue weighted by Crippen LogP contribution is -2.23. The van der Waals surface area contributed by atoms with E-state index in [-0.39, 0.29) is 0 Å². The summed E-state index contributed by atoms with van der Waals surface area (Å²) in [6.07, 6.45) is 4.97. The van der Waals surface area contributed by atoms with E-state index in [1.807, 2.05) is 24.3 Å². The molecule has 1 fully saturated rings. The largest absolute Gasteiger partial charge is 0.478 e. The van der Waals surface area contributed by atoms with Gasteiger partial charge in [0, 0.05) is 22.8 Å². The maximum Gasteiger partial charge on any atom is 0.328 e. The number of halogens is 1. The molecule has 0 saturated heterocycles. The fourth-order valence-electron chi connectivity index (χ4n) is 2.27. The molecule has 0 aliphatic heterocycles. The first-order valence-electron chi connectivity index (χ1n) is 6.08. The average Bonchev–Trinajstić information content (AvgIpc) is 2.31. The molecule has 2 N–H and O–H groups in total. The molecular weight excluding hydrogens is 250 g/mol. The lowest BCUT2D eigenvalue weighted by molar-refractivity contribution is -0.131. The Morgan fingerprint density at radius 2 is 2.11 bits per heavy atom. The first kappa shape index (κ1) is 13.0. The number of carbonyl (C=O) groups is 1. The Kier molecular flexibility index (Phi) is 4.26. The highest BCUT2D eigenvalue weighted by molar-refractivity contribution is 6.30. The number of aliphatic carboxylic acids is 1. The van der Waals surface area contributed by atoms with Crippen molar-refractivity contribution >= 4 is 23.3 Å². The fourth-order valence-corrected chi connectivity index (χ4v) is 2.46. The van der Waals surface area contributed by atoms with E-state index in [0.717, 1.165) is 42.0 Å². The third-order valence-corrected chi connectivity index (χ3v) is 3.39. The summed E-state index contributed by atoms with van der Waals surface area (Å²) in [5.41, 5.74) is 2.06. The van der Waals surface area contributed by atoms with Gasteiger partial charge in [0.1, 0.15) is 0 Å². The Balaban J connectivity index is 1.89. The molecule has 0 unspecified atom stereocenters. The van der Waals surface area contributed by atoms with Gasteiger partial charge in [-0.1, -0.05) is 23.2 Å². The maximum atomic E-state index is 10.6. The van der Waals surface area contributed by atoms with E-state index >= 15 is 0 Å². The zero-order valence-electron chi connectivity index (χ0n) is 10.0. The summed E-state index contributed by atoms with van der Waals surface area (Å²) in [5, 5.41) is 12.9. The van der Waals surface area contributed by atoms with Crippen LogP contribution in [0, 0.1) is 0 Å². The third kappa shape index (κ3) is 3.77. The number of hydrogen-bond acceptors (Lipinski definition) is 2. The van der Waals surface area contributed by atoms with Gasteiger partial charge in [0.15, 0.2) is 0 Å². The molecule has 4 heteroatoms. The minimum Gasteiger partial charge on any atom is -0.478 e. The summed E-state index contributed by atoms with van der Waals surface area (Å²) in [4.78, 5) is 10.6. The van der Waals surface area contributed by atoms with Crippen LogP contribution >= 0.6 is 11.6 Å². The average molecular weight is 266 g/mol. The summed E-state index contributed by atoms with van der Waals surface area (Å²) in [6.45, 7) is 0. The Labute approximate surface area is 111 Å². The molecule has 0 heterocycles. The zero-order valence-corrected chi connectivity index (χ0v) is 10.8. The van der Waals surface area contributed by atoms with Crippen LogP contribution in [0.1, 0.15) is 25.7 Å². The van der Waals surface area contributed by atoms with Crippen LogP contribution in [-0.4, -0.2) is 17.1 Å². The van der Waals surface area contributed by atoms with Gasteiger partial charge in [-0.2, -0.15) is 0 Å². The van der Waals surface area contributed by atoms with Crippen molar-refractivity contribution in [3.8, 4) is 0 Å². The van der Waals surface area contributed by atoms with Crippen LogP contribution in [-0.2, 0) is 4.79 Å². The second-order valence-corrected chi connectivity index (χ2v) is 5.01. The number of carboxylic acid groups (broad SMARTS) is 1. The molecule has 2 rings (SSSR count). The second-order valence-electron chi connectivity index (χ2n) is 4.57.